The van der Waals surface area contributed by atoms with Crippen LogP contribution in [0.2, 0.25) is 0 Å². The molecule has 52 heavy (non-hydrogen) atoms. The molecule has 0 saturated carbocycles. The van der Waals surface area contributed by atoms with E-state index in [1.165, 1.54) is 12.0 Å². The Morgan fingerprint density at radius 3 is 2.77 bits per heavy atom. The van der Waals surface area contributed by atoms with Crippen molar-refractivity contribution >= 4 is 43.2 Å². The first-order chi connectivity index (χ1) is 24.8. The van der Waals surface area contributed by atoms with Crippen LogP contribution in [0.15, 0.2) is 30.9 Å². The standard InChI is InChI=1S/C35H32F6N6O4S/c1-3-25(48)47-14-19(9-18(47)15-49-2)51-32-21-10-23(35(39,40)41)27(20-5-6-24(37)30-26(20)22(12-42)31(43)52-30)28(38)29(21)44-33(45-32)50-16-34-7-4-8-46(34)13-17(36)11-34/h3,5-6,10,17-19H,1,4,7-9,11,13-16,43H2,2H3. The van der Waals surface area contributed by atoms with E-state index in [9.17, 15) is 32.0 Å². The van der Waals surface area contributed by atoms with Crippen LogP contribution in [-0.2, 0) is 15.7 Å². The van der Waals surface area contributed by atoms with Crippen LogP contribution in [0.25, 0.3) is 32.1 Å². The number of nitriles is 1. The number of amides is 1. The summed E-state index contributed by atoms with van der Waals surface area (Å²) in [4.78, 5) is 24.6. The molecular weight excluding hydrogens is 714 g/mol. The van der Waals surface area contributed by atoms with Gasteiger partial charge in [0.05, 0.1) is 45.9 Å². The van der Waals surface area contributed by atoms with E-state index in [2.05, 4.69) is 16.5 Å². The van der Waals surface area contributed by atoms with Crippen molar-refractivity contribution in [3.63, 3.8) is 0 Å². The monoisotopic (exact) mass is 746 g/mol. The molecule has 4 aromatic rings. The van der Waals surface area contributed by atoms with E-state index in [4.69, 9.17) is 19.9 Å². The molecule has 0 spiro atoms. The van der Waals surface area contributed by atoms with Gasteiger partial charge >= 0.3 is 12.2 Å². The van der Waals surface area contributed by atoms with Crippen LogP contribution in [-0.4, -0.2) is 89.5 Å². The average molecular weight is 747 g/mol. The Morgan fingerprint density at radius 1 is 1.27 bits per heavy atom. The highest BCUT2D eigenvalue weighted by Gasteiger charge is 2.49. The fourth-order valence-corrected chi connectivity index (χ4v) is 8.78. The lowest BCUT2D eigenvalue weighted by atomic mass is 9.92. The van der Waals surface area contributed by atoms with Crippen molar-refractivity contribution in [3.05, 3.63) is 53.6 Å². The van der Waals surface area contributed by atoms with E-state index >= 15 is 4.39 Å². The van der Waals surface area contributed by atoms with Gasteiger partial charge in [-0.25, -0.2) is 13.2 Å². The molecule has 17 heteroatoms. The molecule has 2 N–H and O–H groups in total. The Labute approximate surface area is 297 Å². The lowest BCUT2D eigenvalue weighted by molar-refractivity contribution is -0.137. The van der Waals surface area contributed by atoms with Crippen LogP contribution in [0.3, 0.4) is 0 Å². The predicted molar refractivity (Wildman–Crippen MR) is 180 cm³/mol. The maximum Gasteiger partial charge on any atom is 0.417 e. The molecule has 10 nitrogen and oxygen atoms in total. The molecule has 2 aromatic heterocycles. The summed E-state index contributed by atoms with van der Waals surface area (Å²) < 4.78 is 109. The number of halogens is 6. The van der Waals surface area contributed by atoms with Gasteiger partial charge in [0.2, 0.25) is 11.8 Å². The number of fused-ring (bicyclic) bond motifs is 3. The maximum atomic E-state index is 17.0. The second kappa shape index (κ2) is 13.4. The van der Waals surface area contributed by atoms with Crippen molar-refractivity contribution in [2.45, 2.75) is 55.7 Å². The molecule has 2 aromatic carbocycles. The molecule has 0 aliphatic carbocycles. The number of hydrogen-bond donors (Lipinski definition) is 1. The topological polar surface area (TPSA) is 127 Å². The number of rotatable bonds is 9. The Hall–Kier alpha value is -4.66. The van der Waals surface area contributed by atoms with Crippen LogP contribution in [0.4, 0.5) is 31.3 Å². The highest BCUT2D eigenvalue weighted by atomic mass is 32.1. The molecule has 274 valence electrons. The fourth-order valence-electron chi connectivity index (χ4n) is 7.83. The van der Waals surface area contributed by atoms with Crippen molar-refractivity contribution in [2.75, 3.05) is 45.7 Å². The van der Waals surface area contributed by atoms with Gasteiger partial charge < -0.3 is 24.8 Å². The summed E-state index contributed by atoms with van der Waals surface area (Å²) in [5.74, 6) is -3.17. The van der Waals surface area contributed by atoms with Gasteiger partial charge in [-0.15, -0.1) is 11.3 Å². The number of anilines is 1. The Balaban J connectivity index is 1.41. The molecule has 7 rings (SSSR count). The first kappa shape index (κ1) is 35.7. The molecule has 4 unspecified atom stereocenters. The number of methoxy groups -OCH3 is 1. The summed E-state index contributed by atoms with van der Waals surface area (Å²) >= 11 is 0.654. The van der Waals surface area contributed by atoms with Gasteiger partial charge in [-0.2, -0.15) is 28.4 Å². The van der Waals surface area contributed by atoms with E-state index in [0.717, 1.165) is 24.6 Å². The number of hydrogen-bond acceptors (Lipinski definition) is 10. The highest BCUT2D eigenvalue weighted by Crippen LogP contribution is 2.48. The Morgan fingerprint density at radius 2 is 2.06 bits per heavy atom. The maximum absolute atomic E-state index is 17.0. The summed E-state index contributed by atoms with van der Waals surface area (Å²) in [5.41, 5.74) is 1.49. The first-order valence-corrected chi connectivity index (χ1v) is 17.2. The molecule has 3 aliphatic heterocycles. The van der Waals surface area contributed by atoms with Gasteiger partial charge in [0, 0.05) is 37.4 Å². The van der Waals surface area contributed by atoms with E-state index in [-0.39, 0.29) is 59.8 Å². The van der Waals surface area contributed by atoms with Crippen molar-refractivity contribution in [3.8, 4) is 29.1 Å². The number of alkyl halides is 4. The SMILES string of the molecule is C=CC(=O)N1CC(Oc2nc(OCC34CCCN3CC(F)C4)nc3c(F)c(-c4ccc(F)c5sc(N)c(C#N)c45)c(C(F)(F)F)cc23)CC1COC. The van der Waals surface area contributed by atoms with E-state index in [1.807, 2.05) is 4.90 Å². The van der Waals surface area contributed by atoms with Gasteiger partial charge in [0.1, 0.15) is 41.3 Å². The minimum atomic E-state index is -5.17. The van der Waals surface area contributed by atoms with E-state index < -0.39 is 87.1 Å². The summed E-state index contributed by atoms with van der Waals surface area (Å²) in [6.45, 7) is 4.45. The molecule has 3 saturated heterocycles. The molecule has 1 amide bonds. The fraction of sp³-hybridized carbons (Fsp3) is 0.429. The van der Waals surface area contributed by atoms with Crippen molar-refractivity contribution in [2.24, 2.45) is 0 Å². The molecule has 3 fully saturated rings. The lowest BCUT2D eigenvalue weighted by Gasteiger charge is -2.30. The zero-order valence-electron chi connectivity index (χ0n) is 27.7. The first-order valence-electron chi connectivity index (χ1n) is 16.4. The van der Waals surface area contributed by atoms with Crippen LogP contribution < -0.4 is 15.2 Å². The minimum absolute atomic E-state index is 0.00665. The zero-order chi connectivity index (χ0) is 37.1. The number of nitrogens with two attached hydrogens (primary N) is 1. The normalized spacial score (nSPS) is 23.3. The van der Waals surface area contributed by atoms with Gasteiger partial charge in [-0.05, 0) is 43.2 Å². The number of likely N-dealkylation sites (tertiary alicyclic amines) is 1. The summed E-state index contributed by atoms with van der Waals surface area (Å²) in [6.07, 6.45) is -4.14. The third kappa shape index (κ3) is 6.05. The van der Waals surface area contributed by atoms with Gasteiger partial charge in [-0.3, -0.25) is 9.69 Å². The molecule has 0 radical (unpaired) electrons. The molecule has 0 bridgehead atoms. The van der Waals surface area contributed by atoms with E-state index in [0.29, 0.717) is 30.4 Å². The van der Waals surface area contributed by atoms with Gasteiger partial charge in [-0.1, -0.05) is 12.6 Å². The van der Waals surface area contributed by atoms with Crippen LogP contribution in [0, 0.1) is 23.0 Å². The number of ether oxygens (including phenoxy) is 3. The lowest BCUT2D eigenvalue weighted by Crippen LogP contribution is -2.43. The number of nitrogen functional groups attached to an aromatic ring is 1. The second-order valence-electron chi connectivity index (χ2n) is 13.2. The summed E-state index contributed by atoms with van der Waals surface area (Å²) in [6, 6.07) is 3.38. The highest BCUT2D eigenvalue weighted by molar-refractivity contribution is 7.23. The Kier molecular flexibility index (Phi) is 9.20. The predicted octanol–water partition coefficient (Wildman–Crippen LogP) is 6.40. The molecule has 4 atom stereocenters. The quantitative estimate of drug-likeness (QED) is 0.153. The summed E-state index contributed by atoms with van der Waals surface area (Å²) in [5, 5.41) is 8.94. The van der Waals surface area contributed by atoms with Crippen molar-refractivity contribution in [1.82, 2.24) is 19.8 Å². The number of thiophene rings is 1. The molecule has 5 heterocycles. The average Bonchev–Trinajstić information content (AvgIpc) is 3.84. The van der Waals surface area contributed by atoms with Crippen LogP contribution in [0.5, 0.6) is 11.9 Å². The largest absolute Gasteiger partial charge is 0.472 e. The third-order valence-corrected chi connectivity index (χ3v) is 11.1. The minimum Gasteiger partial charge on any atom is -0.472 e. The molecular formula is C35H32F6N6O4S. The number of aromatic nitrogens is 2. The Bertz CT molecular complexity index is 2140. The second-order valence-corrected chi connectivity index (χ2v) is 14.3. The van der Waals surface area contributed by atoms with Crippen LogP contribution in [0.1, 0.15) is 36.8 Å². The van der Waals surface area contributed by atoms with Gasteiger partial charge in [0.25, 0.3) is 0 Å². The smallest absolute Gasteiger partial charge is 0.417 e. The van der Waals surface area contributed by atoms with Crippen LogP contribution >= 0.6 is 11.3 Å². The summed E-state index contributed by atoms with van der Waals surface area (Å²) in [7, 11) is 1.45. The van der Waals surface area contributed by atoms with Crippen molar-refractivity contribution < 1.29 is 45.3 Å². The van der Waals surface area contributed by atoms with E-state index in [1.54, 1.807) is 6.07 Å². The number of carbonyl (C=O) groups excluding carboxylic acids is 1. The van der Waals surface area contributed by atoms with Gasteiger partial charge in [0.15, 0.2) is 5.82 Å². The number of carbonyl (C=O) groups is 1. The molecule has 3 aliphatic rings. The number of nitrogens with zero attached hydrogens (tertiary/aromatic N) is 5. The van der Waals surface area contributed by atoms with Crippen molar-refractivity contribution in [1.29, 1.82) is 5.26 Å². The number of benzene rings is 2. The zero-order valence-corrected chi connectivity index (χ0v) is 28.6. The third-order valence-electron chi connectivity index (χ3n) is 10.1.